The Morgan fingerprint density at radius 2 is 2.50 bits per heavy atom. The average Bonchev–Trinajstić information content (AvgIpc) is 2.97. The highest BCUT2D eigenvalue weighted by molar-refractivity contribution is 7.11. The SMILES string of the molecule is Cc1cnc(C(C)NC(=O)C2CCC(CN)O2)s1. The molecular weight excluding hydrogens is 250 g/mol. The number of thiazole rings is 1. The van der Waals surface area contributed by atoms with Crippen molar-refractivity contribution >= 4 is 17.2 Å². The number of carbonyl (C=O) groups is 1. The van der Waals surface area contributed by atoms with Crippen LogP contribution in [0.5, 0.6) is 0 Å². The summed E-state index contributed by atoms with van der Waals surface area (Å²) in [5.41, 5.74) is 5.53. The first-order chi connectivity index (χ1) is 8.60. The van der Waals surface area contributed by atoms with Gasteiger partial charge in [0.05, 0.1) is 12.1 Å². The van der Waals surface area contributed by atoms with E-state index in [2.05, 4.69) is 10.3 Å². The molecule has 1 aliphatic rings. The quantitative estimate of drug-likeness (QED) is 0.859. The maximum absolute atomic E-state index is 12.0. The van der Waals surface area contributed by atoms with Gasteiger partial charge in [-0.25, -0.2) is 4.98 Å². The Morgan fingerprint density at radius 1 is 1.72 bits per heavy atom. The molecule has 3 unspecified atom stereocenters. The van der Waals surface area contributed by atoms with Crippen LogP contribution in [0.15, 0.2) is 6.20 Å². The summed E-state index contributed by atoms with van der Waals surface area (Å²) >= 11 is 1.60. The Balaban J connectivity index is 1.88. The molecule has 3 N–H and O–H groups in total. The third-order valence-corrected chi connectivity index (χ3v) is 4.13. The smallest absolute Gasteiger partial charge is 0.249 e. The van der Waals surface area contributed by atoms with Crippen molar-refractivity contribution in [3.8, 4) is 0 Å². The summed E-state index contributed by atoms with van der Waals surface area (Å²) in [5.74, 6) is -0.0636. The molecule has 0 saturated carbocycles. The number of hydrogen-bond donors (Lipinski definition) is 2. The highest BCUT2D eigenvalue weighted by atomic mass is 32.1. The number of amides is 1. The molecule has 0 spiro atoms. The van der Waals surface area contributed by atoms with Gasteiger partial charge in [-0.2, -0.15) is 0 Å². The molecule has 0 bridgehead atoms. The fourth-order valence-electron chi connectivity index (χ4n) is 2.01. The highest BCUT2D eigenvalue weighted by Gasteiger charge is 2.30. The molecule has 0 radical (unpaired) electrons. The van der Waals surface area contributed by atoms with Gasteiger partial charge in [-0.05, 0) is 26.7 Å². The molecule has 5 nitrogen and oxygen atoms in total. The summed E-state index contributed by atoms with van der Waals surface area (Å²) < 4.78 is 5.56. The topological polar surface area (TPSA) is 77.2 Å². The number of nitrogens with one attached hydrogen (secondary N) is 1. The second-order valence-electron chi connectivity index (χ2n) is 4.60. The van der Waals surface area contributed by atoms with Crippen LogP contribution in [0.1, 0.15) is 35.7 Å². The van der Waals surface area contributed by atoms with Crippen LogP contribution in [0.4, 0.5) is 0 Å². The molecule has 0 aliphatic carbocycles. The van der Waals surface area contributed by atoms with Crippen LogP contribution in [-0.4, -0.2) is 29.6 Å². The summed E-state index contributed by atoms with van der Waals surface area (Å²) in [4.78, 5) is 17.4. The predicted molar refractivity (Wildman–Crippen MR) is 70.4 cm³/mol. The van der Waals surface area contributed by atoms with Crippen molar-refractivity contribution in [2.45, 2.75) is 44.9 Å². The van der Waals surface area contributed by atoms with Crippen molar-refractivity contribution in [1.29, 1.82) is 0 Å². The van der Waals surface area contributed by atoms with E-state index < -0.39 is 0 Å². The fraction of sp³-hybridized carbons (Fsp3) is 0.667. The minimum absolute atomic E-state index is 0.0261. The van der Waals surface area contributed by atoms with Gasteiger partial charge in [0.25, 0.3) is 0 Å². The molecule has 1 saturated heterocycles. The molecule has 18 heavy (non-hydrogen) atoms. The van der Waals surface area contributed by atoms with Crippen LogP contribution in [0.3, 0.4) is 0 Å². The number of nitrogens with two attached hydrogens (primary N) is 1. The van der Waals surface area contributed by atoms with Gasteiger partial charge >= 0.3 is 0 Å². The van der Waals surface area contributed by atoms with Crippen molar-refractivity contribution in [3.63, 3.8) is 0 Å². The Bertz CT molecular complexity index is 421. The third-order valence-electron chi connectivity index (χ3n) is 3.03. The predicted octanol–water partition coefficient (Wildman–Crippen LogP) is 1.14. The number of aryl methyl sites for hydroxylation is 1. The van der Waals surface area contributed by atoms with Crippen molar-refractivity contribution in [1.82, 2.24) is 10.3 Å². The summed E-state index contributed by atoms with van der Waals surface area (Å²) in [5, 5.41) is 3.86. The largest absolute Gasteiger partial charge is 0.364 e. The molecule has 2 heterocycles. The van der Waals surface area contributed by atoms with E-state index in [9.17, 15) is 4.79 Å². The van der Waals surface area contributed by atoms with Crippen LogP contribution in [0, 0.1) is 6.92 Å². The van der Waals surface area contributed by atoms with Crippen molar-refractivity contribution < 1.29 is 9.53 Å². The van der Waals surface area contributed by atoms with E-state index in [0.29, 0.717) is 6.54 Å². The molecule has 2 rings (SSSR count). The zero-order valence-electron chi connectivity index (χ0n) is 10.7. The van der Waals surface area contributed by atoms with E-state index in [0.717, 1.165) is 22.7 Å². The van der Waals surface area contributed by atoms with Crippen molar-refractivity contribution in [3.05, 3.63) is 16.1 Å². The molecule has 3 atom stereocenters. The van der Waals surface area contributed by atoms with E-state index in [4.69, 9.17) is 10.5 Å². The molecule has 1 fully saturated rings. The maximum atomic E-state index is 12.0. The summed E-state index contributed by atoms with van der Waals surface area (Å²) in [6.07, 6.45) is 3.09. The van der Waals surface area contributed by atoms with E-state index in [1.54, 1.807) is 11.3 Å². The summed E-state index contributed by atoms with van der Waals surface area (Å²) in [7, 11) is 0. The van der Waals surface area contributed by atoms with E-state index in [1.165, 1.54) is 0 Å². The fourth-order valence-corrected chi connectivity index (χ4v) is 2.79. The van der Waals surface area contributed by atoms with Crippen LogP contribution in [-0.2, 0) is 9.53 Å². The zero-order chi connectivity index (χ0) is 13.1. The standard InChI is InChI=1S/C12H19N3O2S/c1-7-6-14-12(18-7)8(2)15-11(16)10-4-3-9(5-13)17-10/h6,8-10H,3-5,13H2,1-2H3,(H,15,16). The van der Waals surface area contributed by atoms with E-state index in [-0.39, 0.29) is 24.2 Å². The number of aromatic nitrogens is 1. The minimum Gasteiger partial charge on any atom is -0.364 e. The zero-order valence-corrected chi connectivity index (χ0v) is 11.5. The van der Waals surface area contributed by atoms with Crippen LogP contribution >= 0.6 is 11.3 Å². The van der Waals surface area contributed by atoms with E-state index in [1.807, 2.05) is 20.0 Å². The second kappa shape index (κ2) is 5.77. The first-order valence-electron chi connectivity index (χ1n) is 6.18. The van der Waals surface area contributed by atoms with Crippen LogP contribution in [0.25, 0.3) is 0 Å². The lowest BCUT2D eigenvalue weighted by atomic mass is 10.2. The molecule has 100 valence electrons. The lowest BCUT2D eigenvalue weighted by Gasteiger charge is -2.16. The maximum Gasteiger partial charge on any atom is 0.249 e. The number of carbonyl (C=O) groups excluding carboxylic acids is 1. The first kappa shape index (κ1) is 13.5. The van der Waals surface area contributed by atoms with Gasteiger partial charge in [0.15, 0.2) is 0 Å². The molecule has 1 amide bonds. The van der Waals surface area contributed by atoms with Gasteiger partial charge in [-0.15, -0.1) is 11.3 Å². The molecule has 1 aliphatic heterocycles. The average molecular weight is 269 g/mol. The molecule has 6 heteroatoms. The van der Waals surface area contributed by atoms with Crippen molar-refractivity contribution in [2.24, 2.45) is 5.73 Å². The third kappa shape index (κ3) is 3.07. The van der Waals surface area contributed by atoms with Crippen molar-refractivity contribution in [2.75, 3.05) is 6.54 Å². The Morgan fingerprint density at radius 3 is 3.06 bits per heavy atom. The van der Waals surface area contributed by atoms with Gasteiger partial charge in [0, 0.05) is 17.6 Å². The van der Waals surface area contributed by atoms with Gasteiger partial charge in [0.2, 0.25) is 5.91 Å². The number of ether oxygens (including phenoxy) is 1. The lowest BCUT2D eigenvalue weighted by Crippen LogP contribution is -2.36. The Hall–Kier alpha value is -0.980. The Labute approximate surface area is 111 Å². The summed E-state index contributed by atoms with van der Waals surface area (Å²) in [6.45, 7) is 4.41. The molecular formula is C12H19N3O2S. The molecule has 1 aromatic rings. The number of nitrogens with zero attached hydrogens (tertiary/aromatic N) is 1. The summed E-state index contributed by atoms with van der Waals surface area (Å²) in [6, 6.07) is -0.0725. The van der Waals surface area contributed by atoms with Gasteiger partial charge in [0.1, 0.15) is 11.1 Å². The lowest BCUT2D eigenvalue weighted by molar-refractivity contribution is -0.132. The highest BCUT2D eigenvalue weighted by Crippen LogP contribution is 2.22. The Kier molecular flexibility index (Phi) is 4.31. The number of hydrogen-bond acceptors (Lipinski definition) is 5. The number of rotatable bonds is 4. The van der Waals surface area contributed by atoms with Gasteiger partial charge in [-0.3, -0.25) is 4.79 Å². The van der Waals surface area contributed by atoms with E-state index >= 15 is 0 Å². The molecule has 1 aromatic heterocycles. The monoisotopic (exact) mass is 269 g/mol. The van der Waals surface area contributed by atoms with Gasteiger partial charge < -0.3 is 15.8 Å². The second-order valence-corrected chi connectivity index (χ2v) is 5.87. The molecule has 0 aromatic carbocycles. The van der Waals surface area contributed by atoms with Crippen LogP contribution < -0.4 is 11.1 Å². The normalized spacial score (nSPS) is 25.1. The minimum atomic E-state index is -0.359. The van der Waals surface area contributed by atoms with Gasteiger partial charge in [-0.1, -0.05) is 0 Å². The van der Waals surface area contributed by atoms with Crippen LogP contribution in [0.2, 0.25) is 0 Å². The first-order valence-corrected chi connectivity index (χ1v) is 7.00.